The van der Waals surface area contributed by atoms with Gasteiger partial charge in [-0.15, -0.1) is 0 Å². The summed E-state index contributed by atoms with van der Waals surface area (Å²) < 4.78 is 11.0. The first kappa shape index (κ1) is 22.8. The van der Waals surface area contributed by atoms with Crippen LogP contribution >= 0.6 is 0 Å². The molecule has 0 N–H and O–H groups in total. The molecule has 0 atom stereocenters. The summed E-state index contributed by atoms with van der Waals surface area (Å²) in [6.07, 6.45) is 2.01. The highest BCUT2D eigenvalue weighted by molar-refractivity contribution is 6.17. The third-order valence-corrected chi connectivity index (χ3v) is 8.95. The van der Waals surface area contributed by atoms with Gasteiger partial charge in [-0.2, -0.15) is 0 Å². The summed E-state index contributed by atoms with van der Waals surface area (Å²) in [5, 5.41) is 5.90. The van der Waals surface area contributed by atoms with E-state index in [-0.39, 0.29) is 0 Å². The van der Waals surface area contributed by atoms with Gasteiger partial charge in [0.15, 0.2) is 0 Å². The van der Waals surface area contributed by atoms with Crippen LogP contribution in [0, 0.1) is 0 Å². The molecule has 4 aromatic heterocycles. The quantitative estimate of drug-likeness (QED) is 0.215. The van der Waals surface area contributed by atoms with Crippen molar-refractivity contribution in [2.24, 2.45) is 0 Å². The summed E-state index contributed by atoms with van der Waals surface area (Å²) in [5.41, 5.74) is 12.1. The van der Waals surface area contributed by atoms with Crippen LogP contribution in [0.4, 0.5) is 0 Å². The van der Waals surface area contributed by atoms with E-state index in [9.17, 15) is 0 Å². The molecule has 10 aromatic rings. The van der Waals surface area contributed by atoms with Gasteiger partial charge in [-0.25, -0.2) is 0 Å². The van der Waals surface area contributed by atoms with Gasteiger partial charge in [0.05, 0.1) is 39.3 Å². The smallest absolute Gasteiger partial charge is 0.136 e. The number of benzene rings is 6. The van der Waals surface area contributed by atoms with Crippen molar-refractivity contribution in [3.8, 4) is 16.8 Å². The highest BCUT2D eigenvalue weighted by Gasteiger charge is 2.18. The van der Waals surface area contributed by atoms with E-state index in [0.29, 0.717) is 0 Å². The zero-order valence-corrected chi connectivity index (χ0v) is 23.0. The maximum atomic E-state index is 6.26. The minimum Gasteiger partial charge on any atom is -0.456 e. The molecule has 0 amide bonds. The van der Waals surface area contributed by atoms with Gasteiger partial charge in [0.25, 0.3) is 0 Å². The molecule has 0 spiro atoms. The second kappa shape index (κ2) is 8.34. The Hall–Kier alpha value is -5.87. The van der Waals surface area contributed by atoms with Crippen LogP contribution in [-0.2, 0) is 0 Å². The molecule has 6 aromatic carbocycles. The fourth-order valence-electron chi connectivity index (χ4n) is 7.08. The molecule has 0 radical (unpaired) electrons. The lowest BCUT2D eigenvalue weighted by Gasteiger charge is -2.10. The van der Waals surface area contributed by atoms with Gasteiger partial charge in [0, 0.05) is 38.2 Å². The maximum absolute atomic E-state index is 6.26. The molecule has 4 nitrogen and oxygen atoms in total. The SMILES string of the molecule is c1ccc2c(c1)ncc1c(-c3ccc(-n4c5ccccc5c5cc6oc7ccccc7c6cc54)cc3)c3ccccc3n12. The molecular weight excluding hydrogens is 526 g/mol. The van der Waals surface area contributed by atoms with Gasteiger partial charge in [-0.3, -0.25) is 4.98 Å². The first-order valence-electron chi connectivity index (χ1n) is 14.6. The van der Waals surface area contributed by atoms with Crippen LogP contribution in [0.2, 0.25) is 0 Å². The lowest BCUT2D eigenvalue weighted by molar-refractivity contribution is 0.669. The zero-order valence-electron chi connectivity index (χ0n) is 23.0. The van der Waals surface area contributed by atoms with Gasteiger partial charge in [0.1, 0.15) is 11.2 Å². The fraction of sp³-hybridized carbons (Fsp3) is 0. The molecule has 0 saturated carbocycles. The van der Waals surface area contributed by atoms with Crippen LogP contribution in [0.5, 0.6) is 0 Å². The molecule has 200 valence electrons. The Bertz CT molecular complexity index is 2720. The van der Waals surface area contributed by atoms with E-state index < -0.39 is 0 Å². The van der Waals surface area contributed by atoms with Gasteiger partial charge in [-0.1, -0.05) is 78.9 Å². The van der Waals surface area contributed by atoms with Gasteiger partial charge < -0.3 is 13.4 Å². The summed E-state index contributed by atoms with van der Waals surface area (Å²) in [6, 6.07) is 47.4. The van der Waals surface area contributed by atoms with E-state index in [2.05, 4.69) is 124 Å². The Balaban J connectivity index is 1.22. The monoisotopic (exact) mass is 549 g/mol. The number of rotatable bonds is 2. The summed E-state index contributed by atoms with van der Waals surface area (Å²) in [6.45, 7) is 0. The number of fused-ring (bicyclic) bond motifs is 11. The molecule has 43 heavy (non-hydrogen) atoms. The first-order chi connectivity index (χ1) is 21.3. The Kier molecular flexibility index (Phi) is 4.42. The average molecular weight is 550 g/mol. The van der Waals surface area contributed by atoms with Gasteiger partial charge >= 0.3 is 0 Å². The van der Waals surface area contributed by atoms with E-state index in [0.717, 1.165) is 44.2 Å². The molecule has 0 unspecified atom stereocenters. The second-order valence-corrected chi connectivity index (χ2v) is 11.2. The molecular formula is C39H23N3O. The molecule has 0 fully saturated rings. The topological polar surface area (TPSA) is 35.4 Å². The lowest BCUT2D eigenvalue weighted by atomic mass is 10.0. The second-order valence-electron chi connectivity index (χ2n) is 11.2. The average Bonchev–Trinajstić information content (AvgIpc) is 3.71. The van der Waals surface area contributed by atoms with Crippen molar-refractivity contribution >= 4 is 71.2 Å². The molecule has 4 heteroatoms. The number of nitrogens with zero attached hydrogens (tertiary/aromatic N) is 3. The van der Waals surface area contributed by atoms with Crippen molar-refractivity contribution in [3.63, 3.8) is 0 Å². The number of aromatic nitrogens is 3. The third kappa shape index (κ3) is 3.07. The van der Waals surface area contributed by atoms with Crippen molar-refractivity contribution in [1.82, 2.24) is 14.0 Å². The van der Waals surface area contributed by atoms with E-state index in [4.69, 9.17) is 9.40 Å². The van der Waals surface area contributed by atoms with Crippen LogP contribution in [0.1, 0.15) is 0 Å². The first-order valence-corrected chi connectivity index (χ1v) is 14.6. The normalized spacial score (nSPS) is 12.2. The summed E-state index contributed by atoms with van der Waals surface area (Å²) in [7, 11) is 0. The predicted molar refractivity (Wildman–Crippen MR) is 177 cm³/mol. The van der Waals surface area contributed by atoms with Gasteiger partial charge in [-0.05, 0) is 60.2 Å². The summed E-state index contributed by atoms with van der Waals surface area (Å²) in [4.78, 5) is 4.83. The Labute approximate surface area is 245 Å². The van der Waals surface area contributed by atoms with Crippen LogP contribution in [0.25, 0.3) is 88.0 Å². The van der Waals surface area contributed by atoms with Crippen molar-refractivity contribution in [2.75, 3.05) is 0 Å². The number of para-hydroxylation sites is 5. The molecule has 0 aliphatic carbocycles. The largest absolute Gasteiger partial charge is 0.456 e. The van der Waals surface area contributed by atoms with Crippen LogP contribution < -0.4 is 0 Å². The molecule has 4 heterocycles. The predicted octanol–water partition coefficient (Wildman–Crippen LogP) is 10.3. The number of hydrogen-bond donors (Lipinski definition) is 0. The van der Waals surface area contributed by atoms with Gasteiger partial charge in [0.2, 0.25) is 0 Å². The summed E-state index contributed by atoms with van der Waals surface area (Å²) >= 11 is 0. The van der Waals surface area contributed by atoms with E-state index in [1.165, 1.54) is 43.8 Å². The van der Waals surface area contributed by atoms with E-state index >= 15 is 0 Å². The van der Waals surface area contributed by atoms with Crippen molar-refractivity contribution in [3.05, 3.63) is 140 Å². The molecule has 0 bridgehead atoms. The molecule has 0 saturated heterocycles. The Morgan fingerprint density at radius 3 is 2.02 bits per heavy atom. The lowest BCUT2D eigenvalue weighted by Crippen LogP contribution is -1.94. The molecule has 10 rings (SSSR count). The Morgan fingerprint density at radius 2 is 1.16 bits per heavy atom. The van der Waals surface area contributed by atoms with Crippen molar-refractivity contribution < 1.29 is 4.42 Å². The summed E-state index contributed by atoms with van der Waals surface area (Å²) in [5.74, 6) is 0. The minimum absolute atomic E-state index is 0.916. The number of hydrogen-bond acceptors (Lipinski definition) is 2. The number of furan rings is 1. The molecule has 0 aliphatic heterocycles. The maximum Gasteiger partial charge on any atom is 0.136 e. The van der Waals surface area contributed by atoms with E-state index in [1.807, 2.05) is 24.4 Å². The Morgan fingerprint density at radius 1 is 0.465 bits per heavy atom. The van der Waals surface area contributed by atoms with Crippen molar-refractivity contribution in [2.45, 2.75) is 0 Å². The van der Waals surface area contributed by atoms with Crippen LogP contribution in [0.3, 0.4) is 0 Å². The standard InChI is InChI=1S/C39H23N3O/c1-5-13-32-26(9-1)29-22-38-30(27-10-3-8-16-37(27)43-38)21-35(29)41(32)25-19-17-24(18-20-25)39-28-11-2-6-14-33(28)42-34-15-7-4-12-31(34)40-23-36(39)42/h1-23H. The fourth-order valence-corrected chi connectivity index (χ4v) is 7.08. The highest BCUT2D eigenvalue weighted by atomic mass is 16.3. The highest BCUT2D eigenvalue weighted by Crippen LogP contribution is 2.40. The van der Waals surface area contributed by atoms with E-state index in [1.54, 1.807) is 0 Å². The third-order valence-electron chi connectivity index (χ3n) is 8.95. The minimum atomic E-state index is 0.916. The molecule has 0 aliphatic rings. The van der Waals surface area contributed by atoms with Crippen molar-refractivity contribution in [1.29, 1.82) is 0 Å². The van der Waals surface area contributed by atoms with Crippen LogP contribution in [0.15, 0.2) is 144 Å². The van der Waals surface area contributed by atoms with Crippen LogP contribution in [-0.4, -0.2) is 14.0 Å². The zero-order chi connectivity index (χ0) is 28.1.